The lowest BCUT2D eigenvalue weighted by Crippen LogP contribution is -2.42. The topological polar surface area (TPSA) is 78.7 Å². The fourth-order valence-electron chi connectivity index (χ4n) is 3.38. The first-order valence-corrected chi connectivity index (χ1v) is 8.65. The summed E-state index contributed by atoms with van der Waals surface area (Å²) in [5, 5.41) is 11.0. The average Bonchev–Trinajstić information content (AvgIpc) is 2.92. The number of hydrogen-bond donors (Lipinski definition) is 0. The molecule has 6 nitrogen and oxygen atoms in total. The number of benzene rings is 2. The molecule has 1 aliphatic heterocycles. The summed E-state index contributed by atoms with van der Waals surface area (Å²) >= 11 is 0. The number of non-ortho nitro benzene ring substituents is 1. The van der Waals surface area contributed by atoms with E-state index in [4.69, 9.17) is 9.47 Å². The monoisotopic (exact) mass is 355 g/mol. The number of nitro groups is 1. The predicted octanol–water partition coefficient (Wildman–Crippen LogP) is 4.35. The Morgan fingerprint density at radius 3 is 2.65 bits per heavy atom. The summed E-state index contributed by atoms with van der Waals surface area (Å²) in [4.78, 5) is 23.7. The number of unbranched alkanes of at least 4 members (excludes halogenated alkanes) is 1. The molecule has 0 N–H and O–H groups in total. The van der Waals surface area contributed by atoms with Gasteiger partial charge in [0.2, 0.25) is 5.78 Å². The van der Waals surface area contributed by atoms with Crippen LogP contribution in [-0.2, 0) is 6.42 Å². The number of methoxy groups -OCH3 is 1. The Bertz CT molecular complexity index is 848. The van der Waals surface area contributed by atoms with Crippen molar-refractivity contribution < 1.29 is 19.2 Å². The molecular weight excluding hydrogens is 334 g/mol. The summed E-state index contributed by atoms with van der Waals surface area (Å²) < 4.78 is 11.5. The summed E-state index contributed by atoms with van der Waals surface area (Å²) in [5.41, 5.74) is 0.262. The lowest BCUT2D eigenvalue weighted by Gasteiger charge is -2.28. The molecule has 26 heavy (non-hydrogen) atoms. The summed E-state index contributed by atoms with van der Waals surface area (Å²) in [5.74, 6) is 0.943. The van der Waals surface area contributed by atoms with Crippen molar-refractivity contribution in [1.82, 2.24) is 0 Å². The molecule has 0 radical (unpaired) electrons. The van der Waals surface area contributed by atoms with Crippen molar-refractivity contribution in [3.05, 3.63) is 63.7 Å². The molecule has 1 heterocycles. The van der Waals surface area contributed by atoms with Gasteiger partial charge < -0.3 is 9.47 Å². The number of ketones is 1. The molecule has 0 bridgehead atoms. The van der Waals surface area contributed by atoms with Gasteiger partial charge in [0.05, 0.1) is 23.7 Å². The van der Waals surface area contributed by atoms with Crippen LogP contribution in [0.2, 0.25) is 0 Å². The molecule has 3 rings (SSSR count). The van der Waals surface area contributed by atoms with Crippen LogP contribution in [0.5, 0.6) is 11.5 Å². The number of ether oxygens (including phenoxy) is 2. The van der Waals surface area contributed by atoms with Crippen LogP contribution in [-0.4, -0.2) is 23.4 Å². The van der Waals surface area contributed by atoms with Gasteiger partial charge in [-0.2, -0.15) is 0 Å². The van der Waals surface area contributed by atoms with Gasteiger partial charge in [0.25, 0.3) is 5.69 Å². The van der Waals surface area contributed by atoms with Crippen molar-refractivity contribution in [2.45, 2.75) is 38.2 Å². The van der Waals surface area contributed by atoms with E-state index in [0.717, 1.165) is 18.4 Å². The second-order valence-electron chi connectivity index (χ2n) is 6.46. The van der Waals surface area contributed by atoms with E-state index in [0.29, 0.717) is 29.9 Å². The molecule has 0 saturated heterocycles. The maximum atomic E-state index is 13.1. The van der Waals surface area contributed by atoms with Crippen molar-refractivity contribution in [3.63, 3.8) is 0 Å². The summed E-state index contributed by atoms with van der Waals surface area (Å²) in [6, 6.07) is 11.7. The van der Waals surface area contributed by atoms with Crippen molar-refractivity contribution >= 4 is 11.5 Å². The van der Waals surface area contributed by atoms with Crippen LogP contribution in [0.3, 0.4) is 0 Å². The van der Waals surface area contributed by atoms with Gasteiger partial charge in [0.1, 0.15) is 11.5 Å². The van der Waals surface area contributed by atoms with E-state index in [1.54, 1.807) is 18.2 Å². The van der Waals surface area contributed by atoms with E-state index >= 15 is 0 Å². The molecular formula is C20H21NO5. The molecule has 1 aliphatic rings. The van der Waals surface area contributed by atoms with E-state index in [1.807, 2.05) is 12.1 Å². The molecule has 0 amide bonds. The lowest BCUT2D eigenvalue weighted by atomic mass is 9.84. The zero-order valence-corrected chi connectivity index (χ0v) is 14.9. The molecule has 0 spiro atoms. The third-order valence-electron chi connectivity index (χ3n) is 4.74. The van der Waals surface area contributed by atoms with Crippen LogP contribution < -0.4 is 9.47 Å². The normalized spacial score (nSPS) is 18.3. The quantitative estimate of drug-likeness (QED) is 0.545. The minimum Gasteiger partial charge on any atom is -0.496 e. The van der Waals surface area contributed by atoms with Gasteiger partial charge in [0, 0.05) is 12.5 Å². The number of rotatable bonds is 7. The van der Waals surface area contributed by atoms with Crippen molar-refractivity contribution in [2.75, 3.05) is 7.11 Å². The highest BCUT2D eigenvalue weighted by Gasteiger charge is 2.47. The Hall–Kier alpha value is -2.89. The molecule has 2 aromatic rings. The second-order valence-corrected chi connectivity index (χ2v) is 6.46. The molecule has 0 aromatic heterocycles. The van der Waals surface area contributed by atoms with Gasteiger partial charge in [0.15, 0.2) is 5.60 Å². The minimum atomic E-state index is -0.997. The lowest BCUT2D eigenvalue weighted by molar-refractivity contribution is -0.384. The number of hydrogen-bond acceptors (Lipinski definition) is 5. The number of para-hydroxylation sites is 1. The van der Waals surface area contributed by atoms with Gasteiger partial charge in [-0.1, -0.05) is 25.5 Å². The smallest absolute Gasteiger partial charge is 0.273 e. The molecule has 1 unspecified atom stereocenters. The average molecular weight is 355 g/mol. The Labute approximate surface area is 151 Å². The fourth-order valence-corrected chi connectivity index (χ4v) is 3.38. The zero-order chi connectivity index (χ0) is 18.7. The largest absolute Gasteiger partial charge is 0.496 e. The maximum Gasteiger partial charge on any atom is 0.273 e. The van der Waals surface area contributed by atoms with Gasteiger partial charge >= 0.3 is 0 Å². The third kappa shape index (κ3) is 3.14. The SMILES string of the molecule is CCCCC1(Cc2ccc([N+](=O)[O-])cc2OC)Oc2ccccc2C1=O. The Kier molecular flexibility index (Phi) is 4.93. The minimum absolute atomic E-state index is 0.0399. The number of fused-ring (bicyclic) bond motifs is 1. The number of nitro benzene ring substituents is 1. The molecule has 136 valence electrons. The Morgan fingerprint density at radius 2 is 2.00 bits per heavy atom. The number of nitrogens with zero attached hydrogens (tertiary/aromatic N) is 1. The third-order valence-corrected chi connectivity index (χ3v) is 4.74. The van der Waals surface area contributed by atoms with E-state index in [9.17, 15) is 14.9 Å². The fraction of sp³-hybridized carbons (Fsp3) is 0.350. The molecule has 0 saturated carbocycles. The van der Waals surface area contributed by atoms with E-state index < -0.39 is 10.5 Å². The van der Waals surface area contributed by atoms with Gasteiger partial charge in [-0.05, 0) is 36.6 Å². The van der Waals surface area contributed by atoms with Crippen LogP contribution >= 0.6 is 0 Å². The Balaban J connectivity index is 1.99. The first-order valence-electron chi connectivity index (χ1n) is 8.65. The number of carbonyl (C=O) groups excluding carboxylic acids is 1. The number of Topliss-reactive ketones (excluding diaryl/α,β-unsaturated/α-hetero) is 1. The summed E-state index contributed by atoms with van der Waals surface area (Å²) in [6.45, 7) is 2.06. The first-order chi connectivity index (χ1) is 12.5. The standard InChI is InChI=1S/C20H21NO5/c1-3-4-11-20(19(22)16-7-5-6-8-17(16)26-20)13-14-9-10-15(21(23)24)12-18(14)25-2/h5-10,12H,3-4,11,13H2,1-2H3. The number of carbonyl (C=O) groups is 1. The van der Waals surface area contributed by atoms with Crippen LogP contribution in [0.15, 0.2) is 42.5 Å². The van der Waals surface area contributed by atoms with Crippen molar-refractivity contribution in [2.24, 2.45) is 0 Å². The maximum absolute atomic E-state index is 13.1. The molecule has 2 aromatic carbocycles. The molecule has 1 atom stereocenters. The van der Waals surface area contributed by atoms with E-state index in [1.165, 1.54) is 19.2 Å². The van der Waals surface area contributed by atoms with Gasteiger partial charge in [-0.25, -0.2) is 0 Å². The molecule has 0 fully saturated rings. The zero-order valence-electron chi connectivity index (χ0n) is 14.9. The Morgan fingerprint density at radius 1 is 1.23 bits per heavy atom. The highest BCUT2D eigenvalue weighted by Crippen LogP contribution is 2.41. The summed E-state index contributed by atoms with van der Waals surface area (Å²) in [7, 11) is 1.47. The van der Waals surface area contributed by atoms with Crippen LogP contribution in [0.25, 0.3) is 0 Å². The van der Waals surface area contributed by atoms with E-state index in [-0.39, 0.29) is 11.5 Å². The summed E-state index contributed by atoms with van der Waals surface area (Å²) in [6.07, 6.45) is 2.67. The molecule has 6 heteroatoms. The van der Waals surface area contributed by atoms with Gasteiger partial charge in [-0.3, -0.25) is 14.9 Å². The first kappa shape index (κ1) is 17.9. The van der Waals surface area contributed by atoms with Crippen molar-refractivity contribution in [1.29, 1.82) is 0 Å². The highest BCUT2D eigenvalue weighted by atomic mass is 16.6. The molecule has 0 aliphatic carbocycles. The van der Waals surface area contributed by atoms with Crippen LogP contribution in [0.4, 0.5) is 5.69 Å². The second kappa shape index (κ2) is 7.15. The predicted molar refractivity (Wildman–Crippen MR) is 97.0 cm³/mol. The van der Waals surface area contributed by atoms with E-state index in [2.05, 4.69) is 6.92 Å². The van der Waals surface area contributed by atoms with Crippen molar-refractivity contribution in [3.8, 4) is 11.5 Å². The van der Waals surface area contributed by atoms with Crippen LogP contribution in [0, 0.1) is 10.1 Å². The van der Waals surface area contributed by atoms with Gasteiger partial charge in [-0.15, -0.1) is 0 Å². The van der Waals surface area contributed by atoms with Crippen LogP contribution in [0.1, 0.15) is 42.1 Å². The highest BCUT2D eigenvalue weighted by molar-refractivity contribution is 6.07.